The number of nitrogens with zero attached hydrogens (tertiary/aromatic N) is 2. The summed E-state index contributed by atoms with van der Waals surface area (Å²) in [5.74, 6) is 0. The van der Waals surface area contributed by atoms with Crippen LogP contribution in [-0.2, 0) is 56.4 Å². The molecule has 148 valence electrons. The molecule has 0 aromatic rings. The van der Waals surface area contributed by atoms with Crippen molar-refractivity contribution in [2.45, 2.75) is 6.10 Å². The Hall–Kier alpha value is 0.784. The van der Waals surface area contributed by atoms with Crippen molar-refractivity contribution in [1.82, 2.24) is 9.80 Å². The average Bonchev–Trinajstić information content (AvgIpc) is 2.64. The molecule has 2 aliphatic rings. The van der Waals surface area contributed by atoms with Gasteiger partial charge in [-0.15, -0.1) is 0 Å². The Kier molecular flexibility index (Phi) is 16.0. The van der Waals surface area contributed by atoms with E-state index in [9.17, 15) is 5.11 Å². The van der Waals surface area contributed by atoms with Crippen LogP contribution in [0.3, 0.4) is 0 Å². The van der Waals surface area contributed by atoms with Crippen LogP contribution in [0.1, 0.15) is 0 Å². The zero-order valence-corrected chi connectivity index (χ0v) is 18.7. The molecule has 26 heavy (non-hydrogen) atoms. The van der Waals surface area contributed by atoms with E-state index in [1.165, 1.54) is 0 Å². The van der Waals surface area contributed by atoms with Gasteiger partial charge in [-0.05, 0) is 0 Å². The standard InChI is InChI=1S/C17H34N2O6.Y/c20-15-17-16-24-11-5-18-1-7-21-8-2-19(6-12-25-17)4-10-23-14-13-22-9-3-18;/h17,20H,1-16H2;/q;+3. The summed E-state index contributed by atoms with van der Waals surface area (Å²) in [7, 11) is 0. The fraction of sp³-hybridized carbons (Fsp3) is 1.00. The summed E-state index contributed by atoms with van der Waals surface area (Å²) >= 11 is 0. The topological polar surface area (TPSA) is 72.9 Å². The molecule has 0 radical (unpaired) electrons. The summed E-state index contributed by atoms with van der Waals surface area (Å²) in [5, 5.41) is 9.44. The minimum absolute atomic E-state index is 0. The van der Waals surface area contributed by atoms with Crippen LogP contribution in [0.2, 0.25) is 0 Å². The second-order valence-electron chi connectivity index (χ2n) is 6.27. The van der Waals surface area contributed by atoms with E-state index in [4.69, 9.17) is 23.7 Å². The summed E-state index contributed by atoms with van der Waals surface area (Å²) in [4.78, 5) is 4.56. The van der Waals surface area contributed by atoms with E-state index in [-0.39, 0.29) is 45.4 Å². The van der Waals surface area contributed by atoms with Crippen molar-refractivity contribution in [3.8, 4) is 0 Å². The van der Waals surface area contributed by atoms with Crippen LogP contribution in [0.5, 0.6) is 0 Å². The Balaban J connectivity index is 0.00000338. The zero-order chi connectivity index (χ0) is 17.6. The van der Waals surface area contributed by atoms with Crippen molar-refractivity contribution < 1.29 is 61.5 Å². The van der Waals surface area contributed by atoms with E-state index in [0.717, 1.165) is 39.3 Å². The van der Waals surface area contributed by atoms with Gasteiger partial charge in [0.15, 0.2) is 0 Å². The van der Waals surface area contributed by atoms with Gasteiger partial charge in [-0.25, -0.2) is 0 Å². The molecular formula is C17H34N2O6Y+3. The predicted molar refractivity (Wildman–Crippen MR) is 93.0 cm³/mol. The summed E-state index contributed by atoms with van der Waals surface area (Å²) in [6.45, 7) is 10.6. The molecule has 0 spiro atoms. The molecule has 1 N–H and O–H groups in total. The monoisotopic (exact) mass is 451 g/mol. The maximum absolute atomic E-state index is 9.44. The van der Waals surface area contributed by atoms with Crippen LogP contribution in [0.4, 0.5) is 0 Å². The number of hydrogen-bond acceptors (Lipinski definition) is 8. The van der Waals surface area contributed by atoms with Crippen molar-refractivity contribution in [2.75, 3.05) is 105 Å². The van der Waals surface area contributed by atoms with E-state index in [1.807, 2.05) is 0 Å². The fourth-order valence-electron chi connectivity index (χ4n) is 2.78. The Bertz CT molecular complexity index is 330. The van der Waals surface area contributed by atoms with Gasteiger partial charge in [-0.3, -0.25) is 9.80 Å². The molecule has 3 atom stereocenters. The summed E-state index contributed by atoms with van der Waals surface area (Å²) in [5.41, 5.74) is 0. The molecule has 2 saturated heterocycles. The van der Waals surface area contributed by atoms with Crippen LogP contribution >= 0.6 is 0 Å². The third-order valence-electron chi connectivity index (χ3n) is 4.40. The Morgan fingerprint density at radius 3 is 1.54 bits per heavy atom. The number of aliphatic hydroxyl groups excluding tert-OH is 1. The SMILES string of the molecule is OCC1COCCN2CCOCCOCCN(CCOCC2)CCO1.[Y+3]. The summed E-state index contributed by atoms with van der Waals surface area (Å²) in [6, 6.07) is 0. The van der Waals surface area contributed by atoms with Gasteiger partial charge in [-0.2, -0.15) is 0 Å². The first kappa shape index (κ1) is 24.8. The number of ether oxygens (including phenoxy) is 5. The Labute approximate surface area is 182 Å². The predicted octanol–water partition coefficient (Wildman–Crippen LogP) is -0.941. The normalized spacial score (nSPS) is 31.5. The third-order valence-corrected chi connectivity index (χ3v) is 4.40. The van der Waals surface area contributed by atoms with Gasteiger partial charge >= 0.3 is 32.7 Å². The first-order valence-corrected chi connectivity index (χ1v) is 9.36. The Morgan fingerprint density at radius 1 is 0.615 bits per heavy atom. The number of fused-ring (bicyclic) bond motifs is 6. The molecule has 9 heteroatoms. The Morgan fingerprint density at radius 2 is 1.04 bits per heavy atom. The van der Waals surface area contributed by atoms with Crippen LogP contribution in [-0.4, -0.2) is 126 Å². The molecule has 0 aromatic carbocycles. The summed E-state index contributed by atoms with van der Waals surface area (Å²) in [6.07, 6.45) is -0.268. The second-order valence-corrected chi connectivity index (χ2v) is 6.27. The molecular weight excluding hydrogens is 417 g/mol. The van der Waals surface area contributed by atoms with Crippen molar-refractivity contribution in [1.29, 1.82) is 0 Å². The molecule has 0 aliphatic carbocycles. The maximum atomic E-state index is 9.44. The van der Waals surface area contributed by atoms with Crippen molar-refractivity contribution in [3.05, 3.63) is 0 Å². The van der Waals surface area contributed by atoms with Crippen molar-refractivity contribution in [3.63, 3.8) is 0 Å². The van der Waals surface area contributed by atoms with E-state index >= 15 is 0 Å². The van der Waals surface area contributed by atoms with Crippen LogP contribution in [0.15, 0.2) is 0 Å². The van der Waals surface area contributed by atoms with Gasteiger partial charge in [-0.1, -0.05) is 0 Å². The summed E-state index contributed by atoms with van der Waals surface area (Å²) < 4.78 is 28.6. The minimum Gasteiger partial charge on any atom is -0.394 e. The molecule has 0 amide bonds. The maximum Gasteiger partial charge on any atom is 3.00 e. The van der Waals surface area contributed by atoms with Gasteiger partial charge in [0.2, 0.25) is 0 Å². The molecule has 8 nitrogen and oxygen atoms in total. The van der Waals surface area contributed by atoms with E-state index < -0.39 is 0 Å². The van der Waals surface area contributed by atoms with Crippen molar-refractivity contribution >= 4 is 0 Å². The average molecular weight is 451 g/mol. The zero-order valence-electron chi connectivity index (χ0n) is 15.9. The van der Waals surface area contributed by atoms with E-state index in [2.05, 4.69) is 9.80 Å². The number of aliphatic hydroxyl groups is 1. The van der Waals surface area contributed by atoms with Gasteiger partial charge in [0.25, 0.3) is 0 Å². The van der Waals surface area contributed by atoms with Crippen LogP contribution in [0.25, 0.3) is 0 Å². The van der Waals surface area contributed by atoms with Gasteiger partial charge in [0.1, 0.15) is 6.10 Å². The second kappa shape index (κ2) is 16.7. The smallest absolute Gasteiger partial charge is 0.394 e. The molecule has 2 bridgehead atoms. The van der Waals surface area contributed by atoms with Crippen LogP contribution in [0, 0.1) is 0 Å². The third kappa shape index (κ3) is 11.6. The molecule has 3 unspecified atom stereocenters. The number of hydrogen-bond donors (Lipinski definition) is 1. The number of rotatable bonds is 1. The largest absolute Gasteiger partial charge is 3.00 e. The molecule has 0 aromatic heterocycles. The quantitative estimate of drug-likeness (QED) is 0.513. The van der Waals surface area contributed by atoms with E-state index in [1.54, 1.807) is 0 Å². The van der Waals surface area contributed by atoms with Crippen molar-refractivity contribution in [2.24, 2.45) is 0 Å². The first-order valence-electron chi connectivity index (χ1n) is 9.36. The molecule has 2 aliphatic heterocycles. The molecule has 2 fully saturated rings. The minimum atomic E-state index is -0.268. The first-order chi connectivity index (χ1) is 12.4. The van der Waals surface area contributed by atoms with E-state index in [0.29, 0.717) is 59.5 Å². The van der Waals surface area contributed by atoms with Crippen LogP contribution < -0.4 is 0 Å². The van der Waals surface area contributed by atoms with Gasteiger partial charge < -0.3 is 28.8 Å². The molecule has 0 saturated carbocycles. The molecule has 2 rings (SSSR count). The molecule has 2 heterocycles. The fourth-order valence-corrected chi connectivity index (χ4v) is 2.78. The van der Waals surface area contributed by atoms with Gasteiger partial charge in [0.05, 0.1) is 66.1 Å². The van der Waals surface area contributed by atoms with Gasteiger partial charge in [0, 0.05) is 39.3 Å².